The third kappa shape index (κ3) is 3.55. The SMILES string of the molecule is O=C(Nc1cccc(F)c1)C(=O)Nc1ccccc1Cl. The van der Waals surface area contributed by atoms with E-state index in [-0.39, 0.29) is 5.69 Å². The zero-order valence-corrected chi connectivity index (χ0v) is 10.9. The van der Waals surface area contributed by atoms with E-state index in [0.717, 1.165) is 6.07 Å². The van der Waals surface area contributed by atoms with Crippen molar-refractivity contribution in [3.05, 3.63) is 59.4 Å². The lowest BCUT2D eigenvalue weighted by atomic mass is 10.3. The van der Waals surface area contributed by atoms with Crippen LogP contribution >= 0.6 is 11.6 Å². The summed E-state index contributed by atoms with van der Waals surface area (Å²) in [5.74, 6) is -2.30. The van der Waals surface area contributed by atoms with Crippen LogP contribution in [-0.2, 0) is 9.59 Å². The Morgan fingerprint density at radius 2 is 1.65 bits per heavy atom. The van der Waals surface area contributed by atoms with E-state index in [0.29, 0.717) is 10.7 Å². The van der Waals surface area contributed by atoms with Crippen LogP contribution in [0.3, 0.4) is 0 Å². The van der Waals surface area contributed by atoms with Gasteiger partial charge in [-0.05, 0) is 30.3 Å². The molecule has 102 valence electrons. The van der Waals surface area contributed by atoms with Crippen molar-refractivity contribution < 1.29 is 14.0 Å². The van der Waals surface area contributed by atoms with E-state index in [1.165, 1.54) is 18.2 Å². The van der Waals surface area contributed by atoms with E-state index >= 15 is 0 Å². The zero-order chi connectivity index (χ0) is 14.5. The first kappa shape index (κ1) is 14.0. The van der Waals surface area contributed by atoms with Gasteiger partial charge in [0.1, 0.15) is 5.82 Å². The lowest BCUT2D eigenvalue weighted by Crippen LogP contribution is -2.29. The van der Waals surface area contributed by atoms with Crippen LogP contribution in [0.25, 0.3) is 0 Å². The summed E-state index contributed by atoms with van der Waals surface area (Å²) in [6.07, 6.45) is 0. The minimum atomic E-state index is -0.907. The fraction of sp³-hybridized carbons (Fsp3) is 0. The van der Waals surface area contributed by atoms with Gasteiger partial charge < -0.3 is 10.6 Å². The Morgan fingerprint density at radius 3 is 2.35 bits per heavy atom. The van der Waals surface area contributed by atoms with Crippen LogP contribution in [0.1, 0.15) is 0 Å². The van der Waals surface area contributed by atoms with Crippen LogP contribution in [0.2, 0.25) is 5.02 Å². The molecular formula is C14H10ClFN2O2. The monoisotopic (exact) mass is 292 g/mol. The summed E-state index contributed by atoms with van der Waals surface area (Å²) in [6.45, 7) is 0. The summed E-state index contributed by atoms with van der Waals surface area (Å²) in [5, 5.41) is 4.98. The third-order valence-corrected chi connectivity index (χ3v) is 2.74. The fourth-order valence-corrected chi connectivity index (χ4v) is 1.68. The topological polar surface area (TPSA) is 58.2 Å². The molecule has 0 saturated heterocycles. The molecule has 2 amide bonds. The minimum Gasteiger partial charge on any atom is -0.318 e. The number of hydrogen-bond acceptors (Lipinski definition) is 2. The van der Waals surface area contributed by atoms with Gasteiger partial charge in [0.25, 0.3) is 0 Å². The molecule has 0 saturated carbocycles. The van der Waals surface area contributed by atoms with Crippen LogP contribution in [0.4, 0.5) is 15.8 Å². The molecule has 0 atom stereocenters. The van der Waals surface area contributed by atoms with Gasteiger partial charge in [-0.25, -0.2) is 4.39 Å². The van der Waals surface area contributed by atoms with Gasteiger partial charge >= 0.3 is 11.8 Å². The van der Waals surface area contributed by atoms with Gasteiger partial charge in [0.05, 0.1) is 10.7 Å². The Hall–Kier alpha value is -2.40. The first-order valence-corrected chi connectivity index (χ1v) is 6.06. The molecule has 2 aromatic rings. The number of nitrogens with one attached hydrogen (secondary N) is 2. The highest BCUT2D eigenvalue weighted by molar-refractivity contribution is 6.44. The average Bonchev–Trinajstić information content (AvgIpc) is 2.41. The molecule has 0 unspecified atom stereocenters. The smallest absolute Gasteiger partial charge is 0.314 e. The van der Waals surface area contributed by atoms with Gasteiger partial charge in [-0.1, -0.05) is 29.8 Å². The summed E-state index contributed by atoms with van der Waals surface area (Å²) < 4.78 is 12.9. The van der Waals surface area contributed by atoms with E-state index in [4.69, 9.17) is 11.6 Å². The largest absolute Gasteiger partial charge is 0.318 e. The number of halogens is 2. The van der Waals surface area contributed by atoms with Crippen molar-refractivity contribution in [1.82, 2.24) is 0 Å². The molecule has 0 aliphatic rings. The number of amides is 2. The lowest BCUT2D eigenvalue weighted by molar-refractivity contribution is -0.132. The van der Waals surface area contributed by atoms with Crippen molar-refractivity contribution in [3.63, 3.8) is 0 Å². The second-order valence-corrected chi connectivity index (χ2v) is 4.31. The van der Waals surface area contributed by atoms with Crippen LogP contribution < -0.4 is 10.6 Å². The Kier molecular flexibility index (Phi) is 4.32. The Morgan fingerprint density at radius 1 is 0.950 bits per heavy atom. The number of para-hydroxylation sites is 1. The molecule has 0 heterocycles. The van der Waals surface area contributed by atoms with E-state index in [2.05, 4.69) is 10.6 Å². The Bertz CT molecular complexity index is 661. The maximum absolute atomic E-state index is 12.9. The number of hydrogen-bond donors (Lipinski definition) is 2. The van der Waals surface area contributed by atoms with Crippen LogP contribution in [0.15, 0.2) is 48.5 Å². The fourth-order valence-electron chi connectivity index (χ4n) is 1.50. The third-order valence-electron chi connectivity index (χ3n) is 2.41. The predicted molar refractivity (Wildman–Crippen MR) is 75.1 cm³/mol. The molecule has 4 nitrogen and oxygen atoms in total. The standard InChI is InChI=1S/C14H10ClFN2O2/c15-11-6-1-2-7-12(11)18-14(20)13(19)17-10-5-3-4-9(16)8-10/h1-8H,(H,17,19)(H,18,20). The average molecular weight is 293 g/mol. The summed E-state index contributed by atoms with van der Waals surface area (Å²) in [6, 6.07) is 11.8. The molecule has 0 radical (unpaired) electrons. The molecule has 0 fully saturated rings. The first-order chi connectivity index (χ1) is 9.56. The van der Waals surface area contributed by atoms with Gasteiger partial charge in [0, 0.05) is 5.69 Å². The van der Waals surface area contributed by atoms with Gasteiger partial charge in [0.2, 0.25) is 0 Å². The second kappa shape index (κ2) is 6.16. The summed E-state index contributed by atoms with van der Waals surface area (Å²) in [4.78, 5) is 23.3. The van der Waals surface area contributed by atoms with E-state index < -0.39 is 17.6 Å². The lowest BCUT2D eigenvalue weighted by Gasteiger charge is -2.07. The molecule has 0 aliphatic carbocycles. The van der Waals surface area contributed by atoms with Crippen molar-refractivity contribution >= 4 is 34.8 Å². The normalized spacial score (nSPS) is 9.90. The highest BCUT2D eigenvalue weighted by Gasteiger charge is 2.15. The molecule has 2 rings (SSSR count). The molecule has 6 heteroatoms. The van der Waals surface area contributed by atoms with E-state index in [1.54, 1.807) is 24.3 Å². The maximum Gasteiger partial charge on any atom is 0.314 e. The molecule has 2 N–H and O–H groups in total. The van der Waals surface area contributed by atoms with Gasteiger partial charge in [-0.3, -0.25) is 9.59 Å². The number of carbonyl (C=O) groups is 2. The molecule has 0 aromatic heterocycles. The number of rotatable bonds is 2. The highest BCUT2D eigenvalue weighted by Crippen LogP contribution is 2.20. The maximum atomic E-state index is 12.9. The second-order valence-electron chi connectivity index (χ2n) is 3.90. The van der Waals surface area contributed by atoms with Crippen molar-refractivity contribution in [2.45, 2.75) is 0 Å². The van der Waals surface area contributed by atoms with Crippen molar-refractivity contribution in [1.29, 1.82) is 0 Å². The highest BCUT2D eigenvalue weighted by atomic mass is 35.5. The summed E-state index contributed by atoms with van der Waals surface area (Å²) in [7, 11) is 0. The van der Waals surface area contributed by atoms with Crippen LogP contribution in [0, 0.1) is 5.82 Å². The predicted octanol–water partition coefficient (Wildman–Crippen LogP) is 3.06. The zero-order valence-electron chi connectivity index (χ0n) is 10.2. The quantitative estimate of drug-likeness (QED) is 0.836. The number of anilines is 2. The van der Waals surface area contributed by atoms with Gasteiger partial charge in [-0.2, -0.15) is 0 Å². The number of benzene rings is 2. The molecular weight excluding hydrogens is 283 g/mol. The molecule has 20 heavy (non-hydrogen) atoms. The number of carbonyl (C=O) groups excluding carboxylic acids is 2. The van der Waals surface area contributed by atoms with E-state index in [9.17, 15) is 14.0 Å². The summed E-state index contributed by atoms with van der Waals surface area (Å²) >= 11 is 5.86. The summed E-state index contributed by atoms with van der Waals surface area (Å²) in [5.41, 5.74) is 0.526. The molecule has 0 bridgehead atoms. The van der Waals surface area contributed by atoms with Crippen molar-refractivity contribution in [3.8, 4) is 0 Å². The van der Waals surface area contributed by atoms with Gasteiger partial charge in [-0.15, -0.1) is 0 Å². The van der Waals surface area contributed by atoms with E-state index in [1.807, 2.05) is 0 Å². The molecule has 0 spiro atoms. The van der Waals surface area contributed by atoms with Crippen LogP contribution in [-0.4, -0.2) is 11.8 Å². The van der Waals surface area contributed by atoms with Crippen molar-refractivity contribution in [2.24, 2.45) is 0 Å². The molecule has 0 aliphatic heterocycles. The Balaban J connectivity index is 2.03. The van der Waals surface area contributed by atoms with Gasteiger partial charge in [0.15, 0.2) is 0 Å². The first-order valence-electron chi connectivity index (χ1n) is 5.68. The molecule has 2 aromatic carbocycles. The minimum absolute atomic E-state index is 0.198. The Labute approximate surface area is 119 Å². The van der Waals surface area contributed by atoms with Crippen LogP contribution in [0.5, 0.6) is 0 Å². The van der Waals surface area contributed by atoms with Crippen molar-refractivity contribution in [2.75, 3.05) is 10.6 Å².